The largest absolute Gasteiger partial charge is 0.356 e. The molecule has 0 spiro atoms. The number of benzene rings is 9. The molecular weight excluding hydrogens is 701 g/mol. The molecule has 0 aliphatic carbocycles. The lowest BCUT2D eigenvalue weighted by atomic mass is 9.33. The highest BCUT2D eigenvalue weighted by molar-refractivity contribution is 7.00. The van der Waals surface area contributed by atoms with Crippen LogP contribution >= 0.6 is 0 Å². The van der Waals surface area contributed by atoms with E-state index >= 15 is 0 Å². The number of hydrogen-bond acceptors (Lipinski definition) is 3. The monoisotopic (exact) mass is 739 g/mol. The van der Waals surface area contributed by atoms with Crippen LogP contribution in [0.5, 0.6) is 0 Å². The zero-order chi connectivity index (χ0) is 38.4. The van der Waals surface area contributed by atoms with Crippen LogP contribution in [0.4, 0.5) is 39.8 Å². The van der Waals surface area contributed by atoms with E-state index in [1.165, 1.54) is 60.9 Å². The topological polar surface area (TPSA) is 27.3 Å². The standard InChI is InChI=1S/C54H38BN3/c1-6-17-37(18-7-1)40-23-16-24-42(33-40)47-36-46(39-21-10-3-11-22-39)53-52-54(47)56-50-34-41(38-19-8-2-9-20-38)29-31-48(50)55(52)49-32-30-45(35-51(49)57-53)58(43-25-12-4-13-26-43)44-27-14-5-15-28-44/h1-36,56-57H. The van der Waals surface area contributed by atoms with Gasteiger partial charge in [0.1, 0.15) is 0 Å². The molecule has 9 aromatic rings. The average Bonchev–Trinajstić information content (AvgIpc) is 3.30. The Morgan fingerprint density at radius 2 is 0.759 bits per heavy atom. The summed E-state index contributed by atoms with van der Waals surface area (Å²) in [4.78, 5) is 2.34. The van der Waals surface area contributed by atoms with Gasteiger partial charge in [-0.25, -0.2) is 0 Å². The van der Waals surface area contributed by atoms with Crippen LogP contribution in [0.25, 0.3) is 44.5 Å². The van der Waals surface area contributed by atoms with Crippen molar-refractivity contribution < 1.29 is 0 Å². The van der Waals surface area contributed by atoms with Crippen molar-refractivity contribution in [2.75, 3.05) is 15.5 Å². The van der Waals surface area contributed by atoms with Crippen molar-refractivity contribution in [2.24, 2.45) is 0 Å². The van der Waals surface area contributed by atoms with Gasteiger partial charge in [0.15, 0.2) is 0 Å². The molecule has 0 amide bonds. The fourth-order valence-corrected chi connectivity index (χ4v) is 8.95. The SMILES string of the molecule is c1ccc(-c2cccc(-c3cc(-c4ccccc4)c4c5c3Nc3cc(-c6ccccc6)ccc3B5c3ccc(N(c5ccccc5)c5ccccc5)cc3N4)c2)cc1. The van der Waals surface area contributed by atoms with Crippen LogP contribution in [0, 0.1) is 0 Å². The fourth-order valence-electron chi connectivity index (χ4n) is 8.95. The minimum atomic E-state index is -0.0157. The quantitative estimate of drug-likeness (QED) is 0.159. The summed E-state index contributed by atoms with van der Waals surface area (Å²) in [6.45, 7) is -0.0157. The maximum Gasteiger partial charge on any atom is 0.252 e. The predicted molar refractivity (Wildman–Crippen MR) is 247 cm³/mol. The van der Waals surface area contributed by atoms with Crippen molar-refractivity contribution in [3.63, 3.8) is 0 Å². The van der Waals surface area contributed by atoms with Crippen molar-refractivity contribution >= 4 is 62.9 Å². The van der Waals surface area contributed by atoms with E-state index < -0.39 is 0 Å². The number of hydrogen-bond donors (Lipinski definition) is 2. The minimum absolute atomic E-state index is 0.0157. The number of nitrogens with one attached hydrogen (secondary N) is 2. The first-order valence-corrected chi connectivity index (χ1v) is 20.0. The van der Waals surface area contributed by atoms with Crippen molar-refractivity contribution in [1.82, 2.24) is 0 Å². The molecule has 3 nitrogen and oxygen atoms in total. The van der Waals surface area contributed by atoms with Gasteiger partial charge in [-0.2, -0.15) is 0 Å². The first-order chi connectivity index (χ1) is 28.8. The first-order valence-electron chi connectivity index (χ1n) is 20.0. The highest BCUT2D eigenvalue weighted by Crippen LogP contribution is 2.45. The second-order valence-electron chi connectivity index (χ2n) is 15.1. The summed E-state index contributed by atoms with van der Waals surface area (Å²) in [5.41, 5.74) is 21.1. The molecule has 2 N–H and O–H groups in total. The summed E-state index contributed by atoms with van der Waals surface area (Å²) in [5.74, 6) is 0. The summed E-state index contributed by atoms with van der Waals surface area (Å²) in [6.07, 6.45) is 0. The van der Waals surface area contributed by atoms with Gasteiger partial charge in [-0.05, 0) is 104 Å². The van der Waals surface area contributed by atoms with E-state index in [2.05, 4.69) is 234 Å². The Labute approximate surface area is 340 Å². The molecule has 9 aromatic carbocycles. The maximum absolute atomic E-state index is 4.06. The van der Waals surface area contributed by atoms with Gasteiger partial charge in [0.25, 0.3) is 6.71 Å². The average molecular weight is 740 g/mol. The zero-order valence-electron chi connectivity index (χ0n) is 31.8. The number of nitrogens with zero attached hydrogens (tertiary/aromatic N) is 1. The van der Waals surface area contributed by atoms with Gasteiger partial charge in [-0.15, -0.1) is 0 Å². The van der Waals surface area contributed by atoms with Crippen LogP contribution in [-0.4, -0.2) is 6.71 Å². The molecule has 2 aliphatic heterocycles. The Hall–Kier alpha value is -7.56. The normalized spacial score (nSPS) is 12.0. The van der Waals surface area contributed by atoms with Crippen LogP contribution in [0.2, 0.25) is 0 Å². The molecule has 0 unspecified atom stereocenters. The number of para-hydroxylation sites is 2. The zero-order valence-corrected chi connectivity index (χ0v) is 31.8. The molecule has 0 aromatic heterocycles. The van der Waals surface area contributed by atoms with Crippen LogP contribution in [0.3, 0.4) is 0 Å². The second kappa shape index (κ2) is 14.2. The van der Waals surface area contributed by atoms with E-state index in [-0.39, 0.29) is 6.71 Å². The lowest BCUT2D eigenvalue weighted by Crippen LogP contribution is -2.59. The Morgan fingerprint density at radius 3 is 1.34 bits per heavy atom. The Balaban J connectivity index is 1.16. The third kappa shape index (κ3) is 5.86. The molecule has 0 atom stereocenters. The molecule has 2 heterocycles. The van der Waals surface area contributed by atoms with Crippen molar-refractivity contribution in [1.29, 1.82) is 0 Å². The molecule has 0 saturated carbocycles. The van der Waals surface area contributed by atoms with Gasteiger partial charge in [-0.3, -0.25) is 0 Å². The van der Waals surface area contributed by atoms with Crippen LogP contribution in [0.15, 0.2) is 218 Å². The lowest BCUT2D eigenvalue weighted by Gasteiger charge is -2.38. The molecule has 0 bridgehead atoms. The van der Waals surface area contributed by atoms with Crippen LogP contribution in [-0.2, 0) is 0 Å². The highest BCUT2D eigenvalue weighted by Gasteiger charge is 2.40. The van der Waals surface area contributed by atoms with Crippen LogP contribution in [0.1, 0.15) is 0 Å². The Kier molecular flexibility index (Phi) is 8.26. The summed E-state index contributed by atoms with van der Waals surface area (Å²) in [6, 6.07) is 78.8. The molecule has 11 rings (SSSR count). The molecule has 4 heteroatoms. The molecule has 2 aliphatic rings. The van der Waals surface area contributed by atoms with Crippen molar-refractivity contribution in [3.05, 3.63) is 218 Å². The van der Waals surface area contributed by atoms with Crippen molar-refractivity contribution in [3.8, 4) is 44.5 Å². The molecule has 0 radical (unpaired) electrons. The van der Waals surface area contributed by atoms with E-state index in [1.54, 1.807) is 0 Å². The van der Waals surface area contributed by atoms with Crippen molar-refractivity contribution in [2.45, 2.75) is 0 Å². The van der Waals surface area contributed by atoms with Gasteiger partial charge < -0.3 is 15.5 Å². The maximum atomic E-state index is 4.06. The predicted octanol–water partition coefficient (Wildman–Crippen LogP) is 12.5. The van der Waals surface area contributed by atoms with E-state index in [1.807, 2.05) is 0 Å². The van der Waals surface area contributed by atoms with Crippen LogP contribution < -0.4 is 31.9 Å². The summed E-state index contributed by atoms with van der Waals surface area (Å²) < 4.78 is 0. The Bertz CT molecular complexity index is 2890. The minimum Gasteiger partial charge on any atom is -0.356 e. The lowest BCUT2D eigenvalue weighted by molar-refractivity contribution is 1.28. The molecule has 0 fully saturated rings. The van der Waals surface area contributed by atoms with Gasteiger partial charge in [-0.1, -0.05) is 164 Å². The summed E-state index contributed by atoms with van der Waals surface area (Å²) in [7, 11) is 0. The second-order valence-corrected chi connectivity index (χ2v) is 15.1. The van der Waals surface area contributed by atoms with Gasteiger partial charge in [0.05, 0.1) is 0 Å². The molecule has 58 heavy (non-hydrogen) atoms. The third-order valence-electron chi connectivity index (χ3n) is 11.6. The van der Waals surface area contributed by atoms with E-state index in [4.69, 9.17) is 0 Å². The molecule has 0 saturated heterocycles. The van der Waals surface area contributed by atoms with E-state index in [0.717, 1.165) is 39.8 Å². The fraction of sp³-hybridized carbons (Fsp3) is 0. The number of anilines is 7. The highest BCUT2D eigenvalue weighted by atomic mass is 15.1. The van der Waals surface area contributed by atoms with Gasteiger partial charge in [0, 0.05) is 50.9 Å². The van der Waals surface area contributed by atoms with Gasteiger partial charge in [0.2, 0.25) is 0 Å². The van der Waals surface area contributed by atoms with E-state index in [0.29, 0.717) is 0 Å². The smallest absolute Gasteiger partial charge is 0.252 e. The Morgan fingerprint density at radius 1 is 0.310 bits per heavy atom. The number of rotatable bonds is 7. The third-order valence-corrected chi connectivity index (χ3v) is 11.6. The summed E-state index contributed by atoms with van der Waals surface area (Å²) >= 11 is 0. The number of fused-ring (bicyclic) bond motifs is 4. The molecular formula is C54H38BN3. The van der Waals surface area contributed by atoms with Gasteiger partial charge >= 0.3 is 0 Å². The van der Waals surface area contributed by atoms with E-state index in [9.17, 15) is 0 Å². The first kappa shape index (κ1) is 33.8. The molecule has 272 valence electrons. The summed E-state index contributed by atoms with van der Waals surface area (Å²) in [5, 5.41) is 8.11.